The molecule has 2 unspecified atom stereocenters. The summed E-state index contributed by atoms with van der Waals surface area (Å²) in [5.41, 5.74) is 5.67. The van der Waals surface area contributed by atoms with E-state index < -0.39 is 11.4 Å². The van der Waals surface area contributed by atoms with Gasteiger partial charge >= 0.3 is 5.97 Å². The lowest BCUT2D eigenvalue weighted by molar-refractivity contribution is -0.151. The van der Waals surface area contributed by atoms with Gasteiger partial charge in [-0.2, -0.15) is 0 Å². The van der Waals surface area contributed by atoms with E-state index in [0.717, 1.165) is 17.3 Å². The zero-order valence-electron chi connectivity index (χ0n) is 11.9. The Kier molecular flexibility index (Phi) is 4.56. The van der Waals surface area contributed by atoms with E-state index in [4.69, 9.17) is 5.73 Å². The molecule has 0 heterocycles. The minimum atomic E-state index is -0.919. The summed E-state index contributed by atoms with van der Waals surface area (Å²) in [6, 6.07) is 4.66. The van der Waals surface area contributed by atoms with Crippen LogP contribution in [0.3, 0.4) is 0 Å². The summed E-state index contributed by atoms with van der Waals surface area (Å²) < 4.78 is 0.796. The number of benzene rings is 1. The van der Waals surface area contributed by atoms with Crippen molar-refractivity contribution in [1.82, 2.24) is 5.32 Å². The number of anilines is 1. The number of hydrogen-bond acceptors (Lipinski definition) is 3. The third kappa shape index (κ3) is 3.20. The highest BCUT2D eigenvalue weighted by Gasteiger charge is 2.43. The van der Waals surface area contributed by atoms with Crippen LogP contribution in [-0.4, -0.2) is 23.0 Å². The Bertz CT molecular complexity index is 576. The summed E-state index contributed by atoms with van der Waals surface area (Å²) in [7, 11) is 0. The zero-order valence-corrected chi connectivity index (χ0v) is 13.4. The van der Waals surface area contributed by atoms with Gasteiger partial charge in [-0.3, -0.25) is 9.59 Å². The molecular formula is C15H19BrN2O3. The van der Waals surface area contributed by atoms with Gasteiger partial charge in [0.15, 0.2) is 0 Å². The molecule has 1 aliphatic carbocycles. The van der Waals surface area contributed by atoms with E-state index in [2.05, 4.69) is 21.2 Å². The van der Waals surface area contributed by atoms with Gasteiger partial charge in [-0.25, -0.2) is 0 Å². The van der Waals surface area contributed by atoms with E-state index in [1.807, 2.05) is 0 Å². The van der Waals surface area contributed by atoms with E-state index in [0.29, 0.717) is 24.1 Å². The number of rotatable bonds is 3. The summed E-state index contributed by atoms with van der Waals surface area (Å²) >= 11 is 3.29. The molecule has 0 bridgehead atoms. The number of carbonyl (C=O) groups excluding carboxylic acids is 1. The minimum absolute atomic E-state index is 0.320. The van der Waals surface area contributed by atoms with Crippen LogP contribution in [0.5, 0.6) is 0 Å². The van der Waals surface area contributed by atoms with Gasteiger partial charge in [-0.15, -0.1) is 0 Å². The highest BCUT2D eigenvalue weighted by Crippen LogP contribution is 2.36. The SMILES string of the molecule is CC1(C(=O)O)CCCCC1NC(=O)c1ccc(Br)cc1N. The summed E-state index contributed by atoms with van der Waals surface area (Å²) in [4.78, 5) is 23.9. The first-order valence-corrected chi connectivity index (χ1v) is 7.73. The van der Waals surface area contributed by atoms with Crippen LogP contribution in [-0.2, 0) is 4.79 Å². The fourth-order valence-electron chi connectivity index (χ4n) is 2.80. The van der Waals surface area contributed by atoms with Gasteiger partial charge in [0.05, 0.1) is 11.0 Å². The molecule has 1 aromatic rings. The van der Waals surface area contributed by atoms with Gasteiger partial charge in [-0.1, -0.05) is 28.8 Å². The average Bonchev–Trinajstić information content (AvgIpc) is 2.41. The molecule has 1 aromatic carbocycles. The molecule has 6 heteroatoms. The Morgan fingerprint density at radius 3 is 2.76 bits per heavy atom. The van der Waals surface area contributed by atoms with Gasteiger partial charge in [0.1, 0.15) is 0 Å². The molecular weight excluding hydrogens is 336 g/mol. The van der Waals surface area contributed by atoms with E-state index in [9.17, 15) is 14.7 Å². The molecule has 5 nitrogen and oxygen atoms in total. The van der Waals surface area contributed by atoms with Crippen LogP contribution in [0.1, 0.15) is 43.0 Å². The Morgan fingerprint density at radius 1 is 1.43 bits per heavy atom. The topological polar surface area (TPSA) is 92.4 Å². The molecule has 1 saturated carbocycles. The molecule has 0 aliphatic heterocycles. The zero-order chi connectivity index (χ0) is 15.6. The fraction of sp³-hybridized carbons (Fsp3) is 0.467. The highest BCUT2D eigenvalue weighted by atomic mass is 79.9. The molecule has 1 amide bonds. The van der Waals surface area contributed by atoms with Crippen molar-refractivity contribution in [2.45, 2.75) is 38.6 Å². The third-order valence-corrected chi connectivity index (χ3v) is 4.75. The number of amides is 1. The van der Waals surface area contributed by atoms with Crippen molar-refractivity contribution in [1.29, 1.82) is 0 Å². The van der Waals surface area contributed by atoms with Crippen LogP contribution in [0.4, 0.5) is 5.69 Å². The number of halogens is 1. The van der Waals surface area contributed by atoms with Gasteiger partial charge in [0.25, 0.3) is 5.91 Å². The van der Waals surface area contributed by atoms with Crippen molar-refractivity contribution < 1.29 is 14.7 Å². The summed E-state index contributed by atoms with van der Waals surface area (Å²) in [5, 5.41) is 12.3. The van der Waals surface area contributed by atoms with Crippen molar-refractivity contribution in [3.8, 4) is 0 Å². The second-order valence-corrected chi connectivity index (χ2v) is 6.64. The molecule has 2 atom stereocenters. The third-order valence-electron chi connectivity index (χ3n) is 4.26. The van der Waals surface area contributed by atoms with Gasteiger partial charge in [-0.05, 0) is 38.0 Å². The minimum Gasteiger partial charge on any atom is -0.481 e. The van der Waals surface area contributed by atoms with Crippen molar-refractivity contribution in [3.05, 3.63) is 28.2 Å². The first kappa shape index (κ1) is 15.8. The largest absolute Gasteiger partial charge is 0.481 e. The maximum atomic E-state index is 12.4. The number of nitrogen functional groups attached to an aromatic ring is 1. The predicted molar refractivity (Wildman–Crippen MR) is 84.0 cm³/mol. The molecule has 0 saturated heterocycles. The molecule has 114 valence electrons. The smallest absolute Gasteiger partial charge is 0.311 e. The predicted octanol–water partition coefficient (Wildman–Crippen LogP) is 2.79. The second kappa shape index (κ2) is 6.05. The monoisotopic (exact) mass is 354 g/mol. The van der Waals surface area contributed by atoms with Crippen LogP contribution >= 0.6 is 15.9 Å². The van der Waals surface area contributed by atoms with Crippen LogP contribution in [0.25, 0.3) is 0 Å². The molecule has 0 radical (unpaired) electrons. The van der Waals surface area contributed by atoms with Gasteiger partial charge < -0.3 is 16.2 Å². The fourth-order valence-corrected chi connectivity index (χ4v) is 3.18. The van der Waals surface area contributed by atoms with E-state index in [-0.39, 0.29) is 11.9 Å². The van der Waals surface area contributed by atoms with E-state index in [1.165, 1.54) is 0 Å². The van der Waals surface area contributed by atoms with Crippen molar-refractivity contribution >= 4 is 33.5 Å². The lowest BCUT2D eigenvalue weighted by Crippen LogP contribution is -2.52. The summed E-state index contributed by atoms with van der Waals surface area (Å²) in [6.07, 6.45) is 3.04. The molecule has 21 heavy (non-hydrogen) atoms. The van der Waals surface area contributed by atoms with Crippen molar-refractivity contribution in [2.75, 3.05) is 5.73 Å². The quantitative estimate of drug-likeness (QED) is 0.727. The molecule has 1 aliphatic rings. The summed E-state index contributed by atoms with van der Waals surface area (Å²) in [6.45, 7) is 1.70. The Labute approximate surface area is 132 Å². The standard InChI is InChI=1S/C15H19BrN2O3/c1-15(14(20)21)7-3-2-4-12(15)18-13(19)10-6-5-9(16)8-11(10)17/h5-6,8,12H,2-4,7,17H2,1H3,(H,18,19)(H,20,21). The van der Waals surface area contributed by atoms with E-state index in [1.54, 1.807) is 25.1 Å². The number of nitrogens with two attached hydrogens (primary N) is 1. The Balaban J connectivity index is 2.19. The summed E-state index contributed by atoms with van der Waals surface area (Å²) in [5.74, 6) is -1.18. The van der Waals surface area contributed by atoms with Gasteiger partial charge in [0, 0.05) is 16.2 Å². The molecule has 4 N–H and O–H groups in total. The van der Waals surface area contributed by atoms with Gasteiger partial charge in [0.2, 0.25) is 0 Å². The normalized spacial score (nSPS) is 25.3. The molecule has 0 spiro atoms. The number of carboxylic acid groups (broad SMARTS) is 1. The number of nitrogens with one attached hydrogen (secondary N) is 1. The Morgan fingerprint density at radius 2 is 2.14 bits per heavy atom. The number of carboxylic acids is 1. The first-order valence-electron chi connectivity index (χ1n) is 6.94. The first-order chi connectivity index (χ1) is 9.84. The van der Waals surface area contributed by atoms with E-state index >= 15 is 0 Å². The van der Waals surface area contributed by atoms with Crippen molar-refractivity contribution in [3.63, 3.8) is 0 Å². The van der Waals surface area contributed by atoms with Crippen LogP contribution < -0.4 is 11.1 Å². The number of hydrogen-bond donors (Lipinski definition) is 3. The number of carbonyl (C=O) groups is 2. The lowest BCUT2D eigenvalue weighted by Gasteiger charge is -2.38. The van der Waals surface area contributed by atoms with Crippen molar-refractivity contribution in [2.24, 2.45) is 5.41 Å². The van der Waals surface area contributed by atoms with Crippen LogP contribution in [0.15, 0.2) is 22.7 Å². The van der Waals surface area contributed by atoms with Crippen LogP contribution in [0.2, 0.25) is 0 Å². The average molecular weight is 355 g/mol. The lowest BCUT2D eigenvalue weighted by atomic mass is 9.71. The second-order valence-electron chi connectivity index (χ2n) is 5.73. The maximum Gasteiger partial charge on any atom is 0.311 e. The molecule has 0 aromatic heterocycles. The molecule has 1 fully saturated rings. The Hall–Kier alpha value is -1.56. The maximum absolute atomic E-state index is 12.4. The number of aliphatic carboxylic acids is 1. The molecule has 2 rings (SSSR count). The highest BCUT2D eigenvalue weighted by molar-refractivity contribution is 9.10. The van der Waals surface area contributed by atoms with Crippen LogP contribution in [0, 0.1) is 5.41 Å².